The average Bonchev–Trinajstić information content (AvgIpc) is 3.47. The molecule has 1 aromatic heterocycles. The van der Waals surface area contributed by atoms with Crippen molar-refractivity contribution in [3.63, 3.8) is 0 Å². The van der Waals surface area contributed by atoms with E-state index in [0.29, 0.717) is 0 Å². The predicted molar refractivity (Wildman–Crippen MR) is 199 cm³/mol. The minimum atomic E-state index is -0.0146. The van der Waals surface area contributed by atoms with Crippen LogP contribution in [0, 0.1) is 0 Å². The molecule has 0 atom stereocenters. The number of hydrogen-bond acceptors (Lipinski definition) is 3. The Hall–Kier alpha value is -5.61. The van der Waals surface area contributed by atoms with E-state index >= 15 is 0 Å². The van der Waals surface area contributed by atoms with Gasteiger partial charge in [0.25, 0.3) is 13.4 Å². The molecule has 4 aliphatic rings. The number of nitrogens with zero attached hydrogens (tertiary/aromatic N) is 2. The lowest BCUT2D eigenvalue weighted by molar-refractivity contribution is 0.486. The van der Waals surface area contributed by atoms with Gasteiger partial charge in [-0.15, -0.1) is 0 Å². The maximum atomic E-state index is 6.97. The van der Waals surface area contributed by atoms with E-state index in [2.05, 4.69) is 144 Å². The Labute approximate surface area is 280 Å². The average molecular weight is 616 g/mol. The van der Waals surface area contributed by atoms with E-state index < -0.39 is 0 Å². The number of ether oxygens (including phenoxy) is 2. The van der Waals surface area contributed by atoms with Gasteiger partial charge in [0.15, 0.2) is 0 Å². The number of unbranched alkanes of at least 4 members (excludes halogenated alkanes) is 1. The number of benzene rings is 6. The van der Waals surface area contributed by atoms with E-state index in [1.807, 2.05) is 0 Å². The van der Waals surface area contributed by atoms with Crippen LogP contribution in [0.5, 0.6) is 23.0 Å². The maximum Gasteiger partial charge on any atom is 0.277 e. The van der Waals surface area contributed by atoms with Crippen LogP contribution in [0.4, 0.5) is 17.1 Å². The molecule has 226 valence electrons. The van der Waals surface area contributed by atoms with Gasteiger partial charge in [-0.1, -0.05) is 86.1 Å². The van der Waals surface area contributed by atoms with Crippen LogP contribution in [0.1, 0.15) is 25.3 Å². The summed E-state index contributed by atoms with van der Waals surface area (Å²) in [4.78, 5) is 2.49. The molecule has 0 saturated carbocycles. The molecule has 11 rings (SSSR count). The Morgan fingerprint density at radius 2 is 1.31 bits per heavy atom. The first kappa shape index (κ1) is 26.5. The van der Waals surface area contributed by atoms with Crippen LogP contribution in [0.2, 0.25) is 0 Å². The van der Waals surface area contributed by atoms with E-state index in [0.717, 1.165) is 46.0 Å². The summed E-state index contributed by atoms with van der Waals surface area (Å²) in [7, 11) is 0. The summed E-state index contributed by atoms with van der Waals surface area (Å²) < 4.78 is 16.2. The Morgan fingerprint density at radius 1 is 0.604 bits per heavy atom. The van der Waals surface area contributed by atoms with Crippen molar-refractivity contribution in [3.05, 3.63) is 133 Å². The largest absolute Gasteiger partial charge is 0.458 e. The van der Waals surface area contributed by atoms with E-state index in [-0.39, 0.29) is 13.4 Å². The molecule has 48 heavy (non-hydrogen) atoms. The molecule has 0 bridgehead atoms. The second-order valence-corrected chi connectivity index (χ2v) is 13.4. The molecule has 4 aliphatic heterocycles. The van der Waals surface area contributed by atoms with Gasteiger partial charge in [-0.25, -0.2) is 0 Å². The lowest BCUT2D eigenvalue weighted by Crippen LogP contribution is -2.67. The number of para-hydroxylation sites is 3. The van der Waals surface area contributed by atoms with Gasteiger partial charge in [-0.3, -0.25) is 0 Å². The van der Waals surface area contributed by atoms with Crippen molar-refractivity contribution in [1.29, 1.82) is 0 Å². The van der Waals surface area contributed by atoms with Gasteiger partial charge >= 0.3 is 0 Å². The van der Waals surface area contributed by atoms with E-state index in [4.69, 9.17) is 9.47 Å². The Kier molecular flexibility index (Phi) is 5.35. The van der Waals surface area contributed by atoms with Crippen molar-refractivity contribution in [2.75, 3.05) is 4.90 Å². The fraction of sp³-hybridized carbons (Fsp3) is 0.0952. The zero-order chi connectivity index (χ0) is 31.5. The topological polar surface area (TPSA) is 26.6 Å². The van der Waals surface area contributed by atoms with Crippen LogP contribution in [0.15, 0.2) is 127 Å². The first-order chi connectivity index (χ1) is 23.8. The molecule has 0 amide bonds. The Balaban J connectivity index is 1.21. The van der Waals surface area contributed by atoms with Crippen LogP contribution < -0.4 is 47.3 Å². The summed E-state index contributed by atoms with van der Waals surface area (Å²) in [5.74, 6) is 3.80. The highest BCUT2D eigenvalue weighted by Gasteiger charge is 2.50. The summed E-state index contributed by atoms with van der Waals surface area (Å²) in [6.07, 6.45) is 3.43. The van der Waals surface area contributed by atoms with Crippen LogP contribution in [0.25, 0.3) is 16.6 Å². The van der Waals surface area contributed by atoms with Gasteiger partial charge in [0, 0.05) is 33.7 Å². The molecule has 0 saturated heterocycles. The molecule has 0 radical (unpaired) electrons. The third-order valence-corrected chi connectivity index (χ3v) is 10.9. The maximum absolute atomic E-state index is 6.97. The number of aromatic nitrogens is 1. The molecule has 0 fully saturated rings. The first-order valence-corrected chi connectivity index (χ1v) is 17.2. The lowest BCUT2D eigenvalue weighted by Gasteiger charge is -2.46. The van der Waals surface area contributed by atoms with Gasteiger partial charge < -0.3 is 18.9 Å². The van der Waals surface area contributed by atoms with Crippen molar-refractivity contribution in [3.8, 4) is 28.7 Å². The Morgan fingerprint density at radius 3 is 2.12 bits per heavy atom. The van der Waals surface area contributed by atoms with Gasteiger partial charge in [-0.05, 0) is 100 Å². The molecule has 6 aromatic carbocycles. The molecule has 4 nitrogen and oxygen atoms in total. The first-order valence-electron chi connectivity index (χ1n) is 17.2. The highest BCUT2D eigenvalue weighted by atomic mass is 16.5. The summed E-state index contributed by atoms with van der Waals surface area (Å²) in [6.45, 7) is 2.32. The van der Waals surface area contributed by atoms with E-state index in [9.17, 15) is 0 Å². The van der Waals surface area contributed by atoms with Crippen molar-refractivity contribution in [2.24, 2.45) is 0 Å². The standard InChI is InChI=1S/C42H30B2N2O2/c1-2-3-12-26-23-24-29-37(25-26)47-35-21-10-19-33-38(35)43(29)30-16-9-17-31-40(30)46(33)34-20-11-22-36-39(34)44(31)42-41(48-36)28-15-7-8-18-32(28)45(42)27-13-5-4-6-14-27/h4-11,13-25H,2-3,12H2,1H3. The number of aryl methyl sites for hydroxylation is 1. The monoisotopic (exact) mass is 616 g/mol. The van der Waals surface area contributed by atoms with Crippen molar-refractivity contribution < 1.29 is 9.47 Å². The van der Waals surface area contributed by atoms with Crippen molar-refractivity contribution in [2.45, 2.75) is 26.2 Å². The van der Waals surface area contributed by atoms with Crippen molar-refractivity contribution >= 4 is 74.3 Å². The summed E-state index contributed by atoms with van der Waals surface area (Å²) in [5, 5.41) is 1.13. The molecule has 7 aromatic rings. The second kappa shape index (κ2) is 9.71. The van der Waals surface area contributed by atoms with Gasteiger partial charge in [0.2, 0.25) is 0 Å². The van der Waals surface area contributed by atoms with Crippen LogP contribution in [-0.4, -0.2) is 18.0 Å². The number of hydrogen-bond donors (Lipinski definition) is 0. The smallest absolute Gasteiger partial charge is 0.277 e. The SMILES string of the molecule is CCCCc1ccc2c(c1)Oc1cccc3c1B2c1cccc2c1N3c1cccc3c1B2c1c(c2ccccc2n1-c1ccccc1)O3. The van der Waals surface area contributed by atoms with Crippen molar-refractivity contribution in [1.82, 2.24) is 4.57 Å². The molecule has 0 unspecified atom stereocenters. The molecular weight excluding hydrogens is 586 g/mol. The highest BCUT2D eigenvalue weighted by Crippen LogP contribution is 2.45. The van der Waals surface area contributed by atoms with Crippen LogP contribution in [0.3, 0.4) is 0 Å². The lowest BCUT2D eigenvalue weighted by atomic mass is 9.30. The summed E-state index contributed by atoms with van der Waals surface area (Å²) in [6, 6.07) is 46.4. The zero-order valence-electron chi connectivity index (χ0n) is 26.6. The minimum Gasteiger partial charge on any atom is -0.458 e. The zero-order valence-corrected chi connectivity index (χ0v) is 26.6. The van der Waals surface area contributed by atoms with E-state index in [1.54, 1.807) is 0 Å². The fourth-order valence-electron chi connectivity index (χ4n) is 8.93. The molecule has 5 heterocycles. The number of rotatable bonds is 4. The molecule has 0 N–H and O–H groups in total. The highest BCUT2D eigenvalue weighted by molar-refractivity contribution is 7.03. The molecule has 6 heteroatoms. The van der Waals surface area contributed by atoms with Crippen LogP contribution in [-0.2, 0) is 6.42 Å². The predicted octanol–water partition coefficient (Wildman–Crippen LogP) is 6.31. The van der Waals surface area contributed by atoms with Crippen LogP contribution >= 0.6 is 0 Å². The summed E-state index contributed by atoms with van der Waals surface area (Å²) in [5.41, 5.74) is 14.8. The fourth-order valence-corrected chi connectivity index (χ4v) is 8.93. The molecule has 0 aliphatic carbocycles. The third-order valence-electron chi connectivity index (χ3n) is 10.9. The second-order valence-electron chi connectivity index (χ2n) is 13.4. The third kappa shape index (κ3) is 3.37. The van der Waals surface area contributed by atoms with Gasteiger partial charge in [0.1, 0.15) is 23.0 Å². The van der Waals surface area contributed by atoms with Gasteiger partial charge in [0.05, 0.1) is 5.52 Å². The molecule has 0 spiro atoms. The molecular formula is C42H30B2N2O2. The number of fused-ring (bicyclic) bond motifs is 10. The number of anilines is 3. The summed E-state index contributed by atoms with van der Waals surface area (Å²) >= 11 is 0. The quantitative estimate of drug-likeness (QED) is 0.217. The van der Waals surface area contributed by atoms with E-state index in [1.165, 1.54) is 68.4 Å². The minimum absolute atomic E-state index is 0.0146. The Bertz CT molecular complexity index is 2490. The van der Waals surface area contributed by atoms with Gasteiger partial charge in [-0.2, -0.15) is 0 Å². The normalized spacial score (nSPS) is 14.0.